The number of aliphatic hydroxyl groups is 2. The van der Waals surface area contributed by atoms with Crippen LogP contribution in [0.25, 0.3) is 0 Å². The second kappa shape index (κ2) is 8.78. The molecule has 1 aliphatic heterocycles. The van der Waals surface area contributed by atoms with Gasteiger partial charge in [0.15, 0.2) is 3.83 Å². The fraction of sp³-hybridized carbons (Fsp3) is 0.353. The predicted octanol–water partition coefficient (Wildman–Crippen LogP) is 1.20. The average Bonchev–Trinajstić information content (AvgIpc) is 3.23. The number of carbonyl (C=O) groups is 2. The number of imide groups is 1. The first-order valence-electron chi connectivity index (χ1n) is 8.18. The summed E-state index contributed by atoms with van der Waals surface area (Å²) < 4.78 is 12.6. The van der Waals surface area contributed by atoms with E-state index in [2.05, 4.69) is 10.3 Å². The molecule has 27 heavy (non-hydrogen) atoms. The van der Waals surface area contributed by atoms with Crippen molar-refractivity contribution in [1.82, 2.24) is 14.9 Å². The molecule has 2 heterocycles. The largest absolute Gasteiger partial charge is 0.444 e. The van der Waals surface area contributed by atoms with Crippen LogP contribution in [0.4, 0.5) is 4.79 Å². The zero-order valence-electron chi connectivity index (χ0n) is 14.1. The predicted molar refractivity (Wildman–Crippen MR) is 101 cm³/mol. The number of hydrogen-bond donors (Lipinski definition) is 3. The molecule has 2 aromatic rings. The number of alkyl carbamates (subject to hydrolysis) is 1. The number of amides is 2. The number of benzene rings is 1. The van der Waals surface area contributed by atoms with Gasteiger partial charge in [0.25, 0.3) is 5.91 Å². The molecule has 1 saturated heterocycles. The van der Waals surface area contributed by atoms with Crippen molar-refractivity contribution in [1.29, 1.82) is 0 Å². The maximum atomic E-state index is 12.2. The molecule has 1 aromatic carbocycles. The molecule has 1 aliphatic rings. The van der Waals surface area contributed by atoms with Gasteiger partial charge in [0.2, 0.25) is 0 Å². The molecule has 3 rings (SSSR count). The molecule has 0 aliphatic carbocycles. The Balaban J connectivity index is 1.58. The number of ether oxygens (including phenoxy) is 2. The summed E-state index contributed by atoms with van der Waals surface area (Å²) in [5.41, 5.74) is 0.816. The average molecular weight is 487 g/mol. The lowest BCUT2D eigenvalue weighted by molar-refractivity contribution is -0.0452. The molecular weight excluding hydrogens is 469 g/mol. The Hall–Kier alpha value is -2.02. The minimum Gasteiger partial charge on any atom is -0.444 e. The smallest absolute Gasteiger partial charge is 0.414 e. The van der Waals surface area contributed by atoms with Gasteiger partial charge in [-0.25, -0.2) is 9.78 Å². The quantitative estimate of drug-likeness (QED) is 0.542. The van der Waals surface area contributed by atoms with Gasteiger partial charge in [0.1, 0.15) is 24.6 Å². The van der Waals surface area contributed by atoms with Gasteiger partial charge in [0, 0.05) is 35.2 Å². The fourth-order valence-corrected chi connectivity index (χ4v) is 3.36. The van der Waals surface area contributed by atoms with Gasteiger partial charge in [0.05, 0.1) is 12.7 Å². The van der Waals surface area contributed by atoms with Crippen molar-refractivity contribution in [3.8, 4) is 0 Å². The number of rotatable bonds is 5. The summed E-state index contributed by atoms with van der Waals surface area (Å²) in [5.74, 6) is -0.706. The van der Waals surface area contributed by atoms with E-state index in [-0.39, 0.29) is 25.3 Å². The van der Waals surface area contributed by atoms with Gasteiger partial charge in [-0.1, -0.05) is 30.3 Å². The van der Waals surface area contributed by atoms with Crippen molar-refractivity contribution in [3.05, 3.63) is 51.6 Å². The Kier molecular flexibility index (Phi) is 6.42. The molecule has 1 aromatic heterocycles. The highest BCUT2D eigenvalue weighted by Gasteiger charge is 2.35. The van der Waals surface area contributed by atoms with E-state index in [0.29, 0.717) is 3.83 Å². The molecule has 3 atom stereocenters. The normalized spacial score (nSPS) is 21.8. The summed E-state index contributed by atoms with van der Waals surface area (Å²) in [5, 5.41) is 21.1. The number of nitrogens with one attached hydrogen (secondary N) is 1. The second-order valence-corrected chi connectivity index (χ2v) is 6.90. The van der Waals surface area contributed by atoms with E-state index >= 15 is 0 Å². The van der Waals surface area contributed by atoms with Crippen molar-refractivity contribution in [2.24, 2.45) is 0 Å². The summed E-state index contributed by atoms with van der Waals surface area (Å²) >= 11 is 1.92. The lowest BCUT2D eigenvalue weighted by Crippen LogP contribution is -2.31. The zero-order chi connectivity index (χ0) is 19.4. The zero-order valence-corrected chi connectivity index (χ0v) is 16.3. The van der Waals surface area contributed by atoms with E-state index in [4.69, 9.17) is 14.6 Å². The maximum absolute atomic E-state index is 12.2. The van der Waals surface area contributed by atoms with Crippen LogP contribution in [0.1, 0.15) is 28.7 Å². The van der Waals surface area contributed by atoms with Crippen LogP contribution in [-0.2, 0) is 16.1 Å². The van der Waals surface area contributed by atoms with Crippen LogP contribution in [0, 0.1) is 3.83 Å². The third-order valence-corrected chi connectivity index (χ3v) is 4.84. The van der Waals surface area contributed by atoms with Gasteiger partial charge in [-0.3, -0.25) is 14.7 Å². The van der Waals surface area contributed by atoms with Crippen LogP contribution in [0.2, 0.25) is 0 Å². The number of hydrogen-bond acceptors (Lipinski definition) is 7. The fourth-order valence-electron chi connectivity index (χ4n) is 2.65. The standard InChI is InChI=1S/C17H18IN3O6/c18-16-19-11(7-21(16)14-6-12(23)13(8-22)27-14)15(24)20-17(25)26-9-10-4-2-1-3-5-10/h1-5,7,12-14,22-23H,6,8-9H2,(H,20,24,25). The lowest BCUT2D eigenvalue weighted by Gasteiger charge is -2.13. The molecule has 2 amide bonds. The minimum atomic E-state index is -0.874. The molecule has 0 radical (unpaired) electrons. The third kappa shape index (κ3) is 4.83. The number of carbonyl (C=O) groups excluding carboxylic acids is 2. The van der Waals surface area contributed by atoms with Gasteiger partial charge < -0.3 is 19.7 Å². The number of halogens is 1. The van der Waals surface area contributed by atoms with Crippen LogP contribution in [0.5, 0.6) is 0 Å². The SMILES string of the molecule is O=C(NC(=O)c1cn(C2CC(O)C(CO)O2)c(I)n1)OCc1ccccc1. The molecule has 10 heteroatoms. The van der Waals surface area contributed by atoms with Crippen molar-refractivity contribution in [2.45, 2.75) is 31.5 Å². The van der Waals surface area contributed by atoms with Crippen molar-refractivity contribution in [2.75, 3.05) is 6.61 Å². The first-order chi connectivity index (χ1) is 13.0. The molecule has 0 saturated carbocycles. The van der Waals surface area contributed by atoms with Gasteiger partial charge in [-0.2, -0.15) is 0 Å². The lowest BCUT2D eigenvalue weighted by atomic mass is 10.2. The second-order valence-electron chi connectivity index (χ2n) is 5.93. The van der Waals surface area contributed by atoms with Gasteiger partial charge >= 0.3 is 6.09 Å². The molecule has 3 unspecified atom stereocenters. The summed E-state index contributed by atoms with van der Waals surface area (Å²) in [6, 6.07) is 9.09. The van der Waals surface area contributed by atoms with E-state index in [1.165, 1.54) is 6.20 Å². The Morgan fingerprint density at radius 1 is 1.37 bits per heavy atom. The first-order valence-corrected chi connectivity index (χ1v) is 9.26. The number of aliphatic hydroxyl groups excluding tert-OH is 2. The number of aromatic nitrogens is 2. The highest BCUT2D eigenvalue weighted by Crippen LogP contribution is 2.30. The number of imidazole rings is 1. The maximum Gasteiger partial charge on any atom is 0.414 e. The summed E-state index contributed by atoms with van der Waals surface area (Å²) in [6.45, 7) is -0.258. The van der Waals surface area contributed by atoms with Crippen LogP contribution in [-0.4, -0.2) is 50.6 Å². The summed E-state index contributed by atoms with van der Waals surface area (Å²) in [6.07, 6.45) is -1.22. The van der Waals surface area contributed by atoms with E-state index in [9.17, 15) is 14.7 Å². The van der Waals surface area contributed by atoms with Gasteiger partial charge in [-0.15, -0.1) is 0 Å². The van der Waals surface area contributed by atoms with Crippen LogP contribution in [0.3, 0.4) is 0 Å². The Morgan fingerprint density at radius 3 is 2.78 bits per heavy atom. The minimum absolute atomic E-state index is 0.0154. The van der Waals surface area contributed by atoms with E-state index < -0.39 is 30.4 Å². The van der Waals surface area contributed by atoms with Crippen molar-refractivity contribution < 1.29 is 29.3 Å². The Bertz CT molecular complexity index is 812. The van der Waals surface area contributed by atoms with Gasteiger partial charge in [-0.05, 0) is 5.56 Å². The highest BCUT2D eigenvalue weighted by molar-refractivity contribution is 14.1. The van der Waals surface area contributed by atoms with Crippen LogP contribution >= 0.6 is 22.6 Å². The summed E-state index contributed by atoms with van der Waals surface area (Å²) in [4.78, 5) is 28.1. The highest BCUT2D eigenvalue weighted by atomic mass is 127. The van der Waals surface area contributed by atoms with E-state index in [1.54, 1.807) is 16.7 Å². The van der Waals surface area contributed by atoms with Crippen molar-refractivity contribution in [3.63, 3.8) is 0 Å². The molecule has 0 bridgehead atoms. The van der Waals surface area contributed by atoms with Crippen molar-refractivity contribution >= 4 is 34.6 Å². The third-order valence-electron chi connectivity index (χ3n) is 4.04. The van der Waals surface area contributed by atoms with Crippen LogP contribution in [0.15, 0.2) is 36.5 Å². The molecule has 9 nitrogen and oxygen atoms in total. The molecule has 0 spiro atoms. The van der Waals surface area contributed by atoms with Crippen LogP contribution < -0.4 is 5.32 Å². The Morgan fingerprint density at radius 2 is 2.11 bits per heavy atom. The molecule has 1 fully saturated rings. The molecule has 3 N–H and O–H groups in total. The molecule has 144 valence electrons. The Labute approximate surface area is 168 Å². The van der Waals surface area contributed by atoms with E-state index in [0.717, 1.165) is 5.56 Å². The summed E-state index contributed by atoms with van der Waals surface area (Å²) in [7, 11) is 0. The number of nitrogens with zero attached hydrogens (tertiary/aromatic N) is 2. The topological polar surface area (TPSA) is 123 Å². The van der Waals surface area contributed by atoms with E-state index in [1.807, 2.05) is 40.8 Å². The molecular formula is C17H18IN3O6. The first kappa shape index (κ1) is 19.7. The monoisotopic (exact) mass is 487 g/mol.